The van der Waals surface area contributed by atoms with Crippen molar-refractivity contribution < 1.29 is 14.3 Å². The summed E-state index contributed by atoms with van der Waals surface area (Å²) in [5.74, 6) is -0.553. The predicted molar refractivity (Wildman–Crippen MR) is 144 cm³/mol. The number of esters is 1. The number of nitrogens with zero attached hydrogens (tertiary/aromatic N) is 1. The Morgan fingerprint density at radius 2 is 1.60 bits per heavy atom. The van der Waals surface area contributed by atoms with E-state index in [2.05, 4.69) is 6.07 Å². The molecule has 0 spiro atoms. The quantitative estimate of drug-likeness (QED) is 0.173. The number of ether oxygens (including phenoxy) is 1. The van der Waals surface area contributed by atoms with Gasteiger partial charge in [-0.25, -0.2) is 4.79 Å². The third-order valence-corrected chi connectivity index (χ3v) is 7.61. The summed E-state index contributed by atoms with van der Waals surface area (Å²) in [4.78, 5) is 27.5. The van der Waals surface area contributed by atoms with Crippen molar-refractivity contribution in [3.05, 3.63) is 98.1 Å². The molecule has 0 aliphatic carbocycles. The van der Waals surface area contributed by atoms with E-state index >= 15 is 0 Å². The third kappa shape index (κ3) is 4.04. The fourth-order valence-electron chi connectivity index (χ4n) is 4.51. The maximum Gasteiger partial charge on any atom is 0.356 e. The van der Waals surface area contributed by atoms with Crippen LogP contribution in [-0.4, -0.2) is 22.8 Å². The van der Waals surface area contributed by atoms with Crippen molar-refractivity contribution in [2.24, 2.45) is 0 Å². The number of rotatable bonds is 5. The minimum absolute atomic E-state index is 0.134. The first-order valence-corrected chi connectivity index (χ1v) is 12.7. The molecule has 2 aromatic carbocycles. The van der Waals surface area contributed by atoms with Crippen LogP contribution in [0.4, 0.5) is 0 Å². The van der Waals surface area contributed by atoms with Crippen molar-refractivity contribution >= 4 is 61.9 Å². The van der Waals surface area contributed by atoms with Gasteiger partial charge in [-0.05, 0) is 73.9 Å². The molecule has 0 aliphatic rings. The zero-order chi connectivity index (χ0) is 24.9. The average Bonchev–Trinajstić information content (AvgIpc) is 3.34. The fraction of sp³-hybridized carbons (Fsp3) is 0.143. The van der Waals surface area contributed by atoms with Crippen molar-refractivity contribution in [3.8, 4) is 11.1 Å². The molecular weight excluding hydrogens is 501 g/mol. The highest BCUT2D eigenvalue weighted by Crippen LogP contribution is 2.46. The predicted octanol–water partition coefficient (Wildman–Crippen LogP) is 8.15. The van der Waals surface area contributed by atoms with E-state index in [-0.39, 0.29) is 12.4 Å². The third-order valence-electron chi connectivity index (χ3n) is 5.91. The van der Waals surface area contributed by atoms with Gasteiger partial charge in [-0.15, -0.1) is 11.3 Å². The molecule has 0 bridgehead atoms. The highest BCUT2D eigenvalue weighted by molar-refractivity contribution is 7.22. The monoisotopic (exact) mass is 521 g/mol. The Hall–Kier alpha value is -3.12. The Kier molecular flexibility index (Phi) is 6.18. The number of carbonyl (C=O) groups excluding carboxylic acids is 2. The summed E-state index contributed by atoms with van der Waals surface area (Å²) in [6.07, 6.45) is 1.94. The Morgan fingerprint density at radius 3 is 2.23 bits per heavy atom. The van der Waals surface area contributed by atoms with Gasteiger partial charge in [0.05, 0.1) is 21.7 Å². The van der Waals surface area contributed by atoms with Crippen LogP contribution < -0.4 is 0 Å². The van der Waals surface area contributed by atoms with Gasteiger partial charge >= 0.3 is 5.97 Å². The minimum Gasteiger partial charge on any atom is -0.461 e. The molecule has 7 heteroatoms. The number of aryl methyl sites for hydroxylation is 2. The fourth-order valence-corrected chi connectivity index (χ4v) is 6.08. The van der Waals surface area contributed by atoms with Crippen LogP contribution in [0.15, 0.2) is 60.8 Å². The maximum absolute atomic E-state index is 13.8. The van der Waals surface area contributed by atoms with Crippen molar-refractivity contribution in [2.45, 2.75) is 20.8 Å². The molecule has 0 fully saturated rings. The van der Waals surface area contributed by atoms with Crippen LogP contribution in [0.2, 0.25) is 10.0 Å². The van der Waals surface area contributed by atoms with E-state index in [0.29, 0.717) is 26.2 Å². The second-order valence-corrected chi connectivity index (χ2v) is 10.2. The van der Waals surface area contributed by atoms with Crippen molar-refractivity contribution in [2.75, 3.05) is 6.61 Å². The molecule has 0 atom stereocenters. The molecule has 3 aromatic heterocycles. The van der Waals surface area contributed by atoms with Gasteiger partial charge in [0.15, 0.2) is 0 Å². The molecule has 35 heavy (non-hydrogen) atoms. The molecule has 0 amide bonds. The first kappa shape index (κ1) is 23.6. The van der Waals surface area contributed by atoms with E-state index in [1.54, 1.807) is 43.3 Å². The van der Waals surface area contributed by atoms with E-state index in [1.165, 1.54) is 11.3 Å². The van der Waals surface area contributed by atoms with Gasteiger partial charge < -0.3 is 9.14 Å². The van der Waals surface area contributed by atoms with Gasteiger partial charge in [0, 0.05) is 32.8 Å². The van der Waals surface area contributed by atoms with Gasteiger partial charge in [-0.3, -0.25) is 4.79 Å². The molecule has 5 rings (SSSR count). The number of hydrogen-bond donors (Lipinski definition) is 0. The van der Waals surface area contributed by atoms with E-state index < -0.39 is 5.97 Å². The van der Waals surface area contributed by atoms with Crippen LogP contribution in [0.3, 0.4) is 0 Å². The van der Waals surface area contributed by atoms with E-state index in [4.69, 9.17) is 27.9 Å². The first-order chi connectivity index (χ1) is 16.8. The number of thiophene rings is 1. The number of benzene rings is 2. The van der Waals surface area contributed by atoms with Gasteiger partial charge in [-0.2, -0.15) is 0 Å². The maximum atomic E-state index is 13.8. The lowest BCUT2D eigenvalue weighted by atomic mass is 9.97. The van der Waals surface area contributed by atoms with Crippen molar-refractivity contribution in [3.63, 3.8) is 0 Å². The molecule has 0 N–H and O–H groups in total. The number of carbonyl (C=O) groups is 2. The van der Waals surface area contributed by atoms with Crippen LogP contribution in [-0.2, 0) is 4.74 Å². The van der Waals surface area contributed by atoms with Gasteiger partial charge in [0.1, 0.15) is 5.69 Å². The summed E-state index contributed by atoms with van der Waals surface area (Å²) in [6.45, 7) is 6.04. The zero-order valence-electron chi connectivity index (χ0n) is 19.3. The molecule has 0 aliphatic heterocycles. The summed E-state index contributed by atoms with van der Waals surface area (Å²) < 4.78 is 8.07. The highest BCUT2D eigenvalue weighted by Gasteiger charge is 2.30. The Balaban J connectivity index is 1.92. The number of halogens is 2. The first-order valence-electron chi connectivity index (χ1n) is 11.1. The molecule has 5 aromatic rings. The molecule has 0 radical (unpaired) electrons. The summed E-state index contributed by atoms with van der Waals surface area (Å²) in [5, 5.41) is 2.02. The number of pyridine rings is 1. The van der Waals surface area contributed by atoms with Crippen LogP contribution in [0.5, 0.6) is 0 Å². The minimum atomic E-state index is -0.420. The topological polar surface area (TPSA) is 47.8 Å². The zero-order valence-corrected chi connectivity index (χ0v) is 21.6. The molecule has 4 nitrogen and oxygen atoms in total. The Labute approximate surface area is 216 Å². The number of fused-ring (bicyclic) bond motifs is 3. The molecule has 0 saturated carbocycles. The Morgan fingerprint density at radius 1 is 0.971 bits per heavy atom. The molecule has 3 heterocycles. The standard InChI is InChI=1S/C28H21Cl2NO3S/c1-4-34-28(33)24-26-22(23-16(3)13-15(2)14-31(23)24)21(17-5-9-19(29)10-6-17)27(35-26)25(32)18-7-11-20(30)12-8-18/h5-14H,4H2,1-3H3. The number of aromatic nitrogens is 1. The lowest BCUT2D eigenvalue weighted by Gasteiger charge is -2.09. The number of ketones is 1. The molecular formula is C28H21Cl2NO3S. The smallest absolute Gasteiger partial charge is 0.356 e. The normalized spacial score (nSPS) is 11.3. The molecule has 0 saturated heterocycles. The summed E-state index contributed by atoms with van der Waals surface area (Å²) in [6, 6.07) is 16.3. The van der Waals surface area contributed by atoms with Crippen molar-refractivity contribution in [1.29, 1.82) is 0 Å². The van der Waals surface area contributed by atoms with Crippen LogP contribution >= 0.6 is 34.5 Å². The molecule has 0 unspecified atom stereocenters. The summed E-state index contributed by atoms with van der Waals surface area (Å²) >= 11 is 13.6. The van der Waals surface area contributed by atoms with E-state index in [9.17, 15) is 9.59 Å². The Bertz CT molecular complexity index is 1610. The average molecular weight is 522 g/mol. The lowest BCUT2D eigenvalue weighted by Crippen LogP contribution is -2.08. The van der Waals surface area contributed by atoms with Gasteiger partial charge in [0.25, 0.3) is 0 Å². The SMILES string of the molecule is CCOC(=O)c1c2sc(C(=O)c3ccc(Cl)cc3)c(-c3ccc(Cl)cc3)c2c2c(C)cc(C)cn12. The number of hydrogen-bond acceptors (Lipinski definition) is 4. The van der Waals surface area contributed by atoms with Gasteiger partial charge in [0.2, 0.25) is 5.78 Å². The van der Waals surface area contributed by atoms with Crippen LogP contribution in [0, 0.1) is 13.8 Å². The lowest BCUT2D eigenvalue weighted by molar-refractivity contribution is 0.0521. The largest absolute Gasteiger partial charge is 0.461 e. The summed E-state index contributed by atoms with van der Waals surface area (Å²) in [5.41, 5.74) is 5.49. The van der Waals surface area contributed by atoms with Gasteiger partial charge in [-0.1, -0.05) is 41.4 Å². The second kappa shape index (κ2) is 9.15. The van der Waals surface area contributed by atoms with Crippen LogP contribution in [0.25, 0.3) is 26.7 Å². The van der Waals surface area contributed by atoms with E-state index in [1.807, 2.05) is 36.6 Å². The van der Waals surface area contributed by atoms with Crippen LogP contribution in [0.1, 0.15) is 43.8 Å². The molecule has 176 valence electrons. The van der Waals surface area contributed by atoms with E-state index in [0.717, 1.165) is 37.9 Å². The van der Waals surface area contributed by atoms with Crippen molar-refractivity contribution in [1.82, 2.24) is 4.40 Å². The summed E-state index contributed by atoms with van der Waals surface area (Å²) in [7, 11) is 0. The second-order valence-electron chi connectivity index (χ2n) is 8.34. The highest BCUT2D eigenvalue weighted by atomic mass is 35.5.